The summed E-state index contributed by atoms with van der Waals surface area (Å²) in [6, 6.07) is 0. The smallest absolute Gasteiger partial charge is 0 e. The van der Waals surface area contributed by atoms with E-state index in [1.165, 1.54) is 0 Å². The van der Waals surface area contributed by atoms with Crippen molar-refractivity contribution < 1.29 is 58.4 Å². The number of rotatable bonds is 0. The Balaban J connectivity index is 0. The minimum absolute atomic E-state index is 0. The second-order valence-electron chi connectivity index (χ2n) is 0. The molecule has 4 radical (unpaired) electrons. The van der Waals surface area contributed by atoms with Crippen LogP contribution < -0.4 is 6.15 Å². The molecule has 1 atom stereocenters. The first-order valence-corrected chi connectivity index (χ1v) is 0. The Morgan fingerprint density at radius 3 is 1.00 bits per heavy atom. The van der Waals surface area contributed by atoms with Crippen molar-refractivity contribution in [3.05, 3.63) is 0 Å². The average Bonchev–Trinajstić information content (AvgIpc) is 0. The molecule has 1 nitrogen and oxygen atoms in total. The van der Waals surface area contributed by atoms with Crippen LogP contribution in [0.4, 0.5) is 0 Å². The van der Waals surface area contributed by atoms with Crippen LogP contribution in [0.1, 0.15) is 0 Å². The number of hydrogen-bond donors (Lipinski definition) is 1. The van der Waals surface area contributed by atoms with E-state index in [1.54, 1.807) is 0 Å². The quantitative estimate of drug-likeness (QED) is 0.475. The van der Waals surface area contributed by atoms with Gasteiger partial charge in [-0.1, -0.05) is 0 Å². The van der Waals surface area contributed by atoms with Gasteiger partial charge >= 0.3 is 0 Å². The zero-order chi connectivity index (χ0) is 0. The van der Waals surface area contributed by atoms with Crippen LogP contribution in [0.25, 0.3) is 0 Å². The molecule has 0 aliphatic carbocycles. The van der Waals surface area contributed by atoms with Crippen LogP contribution in [0.2, 0.25) is 0 Å². The molecule has 1 unspecified atom stereocenters. The van der Waals surface area contributed by atoms with Gasteiger partial charge in [-0.05, 0) is 0 Å². The summed E-state index contributed by atoms with van der Waals surface area (Å²) in [5.41, 5.74) is 0. The molecule has 0 aliphatic rings. The summed E-state index contributed by atoms with van der Waals surface area (Å²) in [6.07, 6.45) is 0. The largest absolute Gasteiger partial charge is 0.344 e. The van der Waals surface area contributed by atoms with Crippen LogP contribution in [-0.4, -0.2) is 8.41 Å². The fraction of sp³-hybridized carbons (Fsp3) is 0. The molecule has 3 N–H and O–H groups in total. The van der Waals surface area contributed by atoms with E-state index in [0.717, 1.165) is 0 Å². The molecule has 5 heteroatoms. The van der Waals surface area contributed by atoms with Crippen molar-refractivity contribution in [2.75, 3.05) is 0 Å². The monoisotopic (exact) mass is 259 g/mol. The zero-order valence-corrected chi connectivity index (χ0v) is 9.15. The van der Waals surface area contributed by atoms with Crippen molar-refractivity contribution in [1.29, 1.82) is 0 Å². The molecular weight excluding hydrogens is 253 g/mol. The van der Waals surface area contributed by atoms with Crippen molar-refractivity contribution in [2.24, 2.45) is 0 Å². The fourth-order valence-electron chi connectivity index (χ4n) is 0. The molecule has 0 aromatic carbocycles. The maximum Gasteiger partial charge on any atom is 0 e. The standard InChI is InChI=1S/B.Fe.H3N.H3P.Pr/h;;2*1H3;. The predicted molar refractivity (Wildman–Crippen MR) is 21.9 cm³/mol. The van der Waals surface area contributed by atoms with Gasteiger partial charge in [0.05, 0.1) is 0 Å². The predicted octanol–water partition coefficient (Wildman–Crippen LogP) is -0.163. The van der Waals surface area contributed by atoms with Crippen LogP contribution in [0.3, 0.4) is 0 Å². The van der Waals surface area contributed by atoms with E-state index < -0.39 is 0 Å². The molecular formula is H6BFeNPPr. The van der Waals surface area contributed by atoms with E-state index in [0.29, 0.717) is 0 Å². The van der Waals surface area contributed by atoms with Gasteiger partial charge < -0.3 is 6.15 Å². The summed E-state index contributed by atoms with van der Waals surface area (Å²) < 4.78 is 0. The molecule has 0 aliphatic heterocycles. The first-order chi connectivity index (χ1) is 0. The number of hydrogen-bond acceptors (Lipinski definition) is 1. The minimum atomic E-state index is 0. The second-order valence-corrected chi connectivity index (χ2v) is 0. The normalized spacial score (nSPS) is 0. The van der Waals surface area contributed by atoms with Gasteiger partial charge in [0.1, 0.15) is 0 Å². The Bertz CT molecular complexity index is 11.6. The van der Waals surface area contributed by atoms with Gasteiger partial charge in [-0.3, -0.25) is 0 Å². The molecule has 5 heavy (non-hydrogen) atoms. The van der Waals surface area contributed by atoms with E-state index in [4.69, 9.17) is 0 Å². The molecule has 0 aromatic heterocycles. The fourth-order valence-corrected chi connectivity index (χ4v) is 0. The minimum Gasteiger partial charge on any atom is -0.344 e. The first-order valence-electron chi connectivity index (χ1n) is 0. The molecule has 0 rings (SSSR count). The van der Waals surface area contributed by atoms with E-state index in [9.17, 15) is 0 Å². The Labute approximate surface area is 81.6 Å². The van der Waals surface area contributed by atoms with E-state index in [1.807, 2.05) is 0 Å². The molecule has 30 valence electrons. The maximum absolute atomic E-state index is 0. The summed E-state index contributed by atoms with van der Waals surface area (Å²) in [6.45, 7) is 0. The third-order valence-electron chi connectivity index (χ3n) is 0. The molecule has 0 amide bonds. The van der Waals surface area contributed by atoms with Gasteiger partial charge in [-0.15, -0.1) is 0 Å². The zero-order valence-electron chi connectivity index (χ0n) is 2.92. The van der Waals surface area contributed by atoms with Crippen molar-refractivity contribution in [3.8, 4) is 0 Å². The second kappa shape index (κ2) is 33.0. The van der Waals surface area contributed by atoms with Gasteiger partial charge in [0.15, 0.2) is 0 Å². The topological polar surface area (TPSA) is 35.0 Å². The van der Waals surface area contributed by atoms with Gasteiger partial charge in [0, 0.05) is 66.8 Å². The maximum atomic E-state index is 0. The van der Waals surface area contributed by atoms with Crippen LogP contribution in [0, 0.1) is 41.3 Å². The molecule has 0 spiro atoms. The summed E-state index contributed by atoms with van der Waals surface area (Å²) in [7, 11) is 0. The molecule has 0 bridgehead atoms. The Hall–Kier alpha value is 2.34. The van der Waals surface area contributed by atoms with Crippen LogP contribution in [-0.2, 0) is 17.1 Å². The van der Waals surface area contributed by atoms with Crippen molar-refractivity contribution >= 4 is 18.3 Å². The summed E-state index contributed by atoms with van der Waals surface area (Å²) >= 11 is 0. The van der Waals surface area contributed by atoms with Crippen LogP contribution in [0.5, 0.6) is 0 Å². The van der Waals surface area contributed by atoms with Crippen molar-refractivity contribution in [2.45, 2.75) is 0 Å². The molecule has 0 saturated heterocycles. The Kier molecular flexibility index (Phi) is 356. The first kappa shape index (κ1) is 53.9. The SMILES string of the molecule is N.P.[B].[Fe].[Pr]. The van der Waals surface area contributed by atoms with Crippen molar-refractivity contribution in [3.63, 3.8) is 0 Å². The van der Waals surface area contributed by atoms with E-state index in [2.05, 4.69) is 0 Å². The van der Waals surface area contributed by atoms with E-state index >= 15 is 0 Å². The van der Waals surface area contributed by atoms with Crippen molar-refractivity contribution in [1.82, 2.24) is 6.15 Å². The molecule has 0 saturated carbocycles. The van der Waals surface area contributed by atoms with Crippen LogP contribution in [0.15, 0.2) is 0 Å². The van der Waals surface area contributed by atoms with Gasteiger partial charge in [0.2, 0.25) is 0 Å². The van der Waals surface area contributed by atoms with Gasteiger partial charge in [0.25, 0.3) is 0 Å². The van der Waals surface area contributed by atoms with Gasteiger partial charge in [-0.2, -0.15) is 9.90 Å². The summed E-state index contributed by atoms with van der Waals surface area (Å²) in [5, 5.41) is 0. The van der Waals surface area contributed by atoms with E-state index in [-0.39, 0.29) is 82.8 Å². The summed E-state index contributed by atoms with van der Waals surface area (Å²) in [5.74, 6) is 0. The molecule has 0 heterocycles. The average molecular weight is 259 g/mol. The Morgan fingerprint density at radius 1 is 1.00 bits per heavy atom. The summed E-state index contributed by atoms with van der Waals surface area (Å²) in [4.78, 5) is 0. The molecule has 0 aromatic rings. The Morgan fingerprint density at radius 2 is 1.00 bits per heavy atom. The molecule has 0 fully saturated rings. The third-order valence-corrected chi connectivity index (χ3v) is 0. The van der Waals surface area contributed by atoms with Crippen LogP contribution >= 0.6 is 9.90 Å². The van der Waals surface area contributed by atoms with Gasteiger partial charge in [-0.25, -0.2) is 0 Å². The third kappa shape index (κ3) is 21.8.